The largest absolute Gasteiger partial charge is 0.360 e. The van der Waals surface area contributed by atoms with Crippen molar-refractivity contribution in [3.63, 3.8) is 0 Å². The minimum atomic E-state index is -0.0635. The average molecular weight is 340 g/mol. The number of unbranched alkanes of at least 4 members (excludes halogenated alkanes) is 1. The molecule has 0 bridgehead atoms. The molecule has 1 amide bonds. The van der Waals surface area contributed by atoms with Crippen LogP contribution in [-0.2, 0) is 6.54 Å². The molecule has 0 fully saturated rings. The summed E-state index contributed by atoms with van der Waals surface area (Å²) >= 11 is 0. The van der Waals surface area contributed by atoms with E-state index in [0.29, 0.717) is 12.2 Å². The van der Waals surface area contributed by atoms with Gasteiger partial charge in [-0.05, 0) is 25.8 Å². The van der Waals surface area contributed by atoms with Gasteiger partial charge in [0.15, 0.2) is 0 Å². The van der Waals surface area contributed by atoms with Gasteiger partial charge in [-0.2, -0.15) is 0 Å². The number of amides is 1. The fraction of sp³-hybridized carbons (Fsp3) is 0.450. The van der Waals surface area contributed by atoms with Gasteiger partial charge in [0.1, 0.15) is 17.8 Å². The second-order valence-corrected chi connectivity index (χ2v) is 6.55. The molecule has 0 spiro atoms. The monoisotopic (exact) mass is 340 g/mol. The van der Waals surface area contributed by atoms with Crippen molar-refractivity contribution in [1.29, 1.82) is 0 Å². The standard InChI is InChI=1S/C20H28N4O/c1-5-6-12-23(4)19-13-18(21-15-22-19)20(25)24(16(2)3)14-17-10-8-7-9-11-17/h7-11,13,15-16H,5-6,12,14H2,1-4H3. The second-order valence-electron chi connectivity index (χ2n) is 6.55. The predicted molar refractivity (Wildman–Crippen MR) is 102 cm³/mol. The summed E-state index contributed by atoms with van der Waals surface area (Å²) in [6.45, 7) is 7.70. The second kappa shape index (κ2) is 9.16. The third-order valence-electron chi connectivity index (χ3n) is 4.19. The van der Waals surface area contributed by atoms with Gasteiger partial charge >= 0.3 is 0 Å². The molecule has 0 aliphatic heterocycles. The lowest BCUT2D eigenvalue weighted by molar-refractivity contribution is 0.0684. The molecule has 1 aromatic carbocycles. The molecule has 0 atom stereocenters. The third kappa shape index (κ3) is 5.28. The highest BCUT2D eigenvalue weighted by atomic mass is 16.2. The van der Waals surface area contributed by atoms with E-state index in [4.69, 9.17) is 0 Å². The lowest BCUT2D eigenvalue weighted by Gasteiger charge is -2.27. The number of hydrogen-bond donors (Lipinski definition) is 0. The quantitative estimate of drug-likeness (QED) is 0.734. The fourth-order valence-electron chi connectivity index (χ4n) is 2.60. The highest BCUT2D eigenvalue weighted by Gasteiger charge is 2.21. The van der Waals surface area contributed by atoms with Gasteiger partial charge in [0.2, 0.25) is 0 Å². The Morgan fingerprint density at radius 2 is 1.88 bits per heavy atom. The number of carbonyl (C=O) groups is 1. The number of hydrogen-bond acceptors (Lipinski definition) is 4. The van der Waals surface area contributed by atoms with E-state index in [-0.39, 0.29) is 11.9 Å². The average Bonchev–Trinajstić information content (AvgIpc) is 2.64. The first-order valence-electron chi connectivity index (χ1n) is 8.91. The minimum Gasteiger partial charge on any atom is -0.360 e. The van der Waals surface area contributed by atoms with Crippen LogP contribution in [0.2, 0.25) is 0 Å². The van der Waals surface area contributed by atoms with Crippen molar-refractivity contribution in [1.82, 2.24) is 14.9 Å². The molecule has 2 rings (SSSR count). The summed E-state index contributed by atoms with van der Waals surface area (Å²) in [5.74, 6) is 0.724. The summed E-state index contributed by atoms with van der Waals surface area (Å²) in [4.78, 5) is 25.4. The van der Waals surface area contributed by atoms with Crippen LogP contribution in [0.1, 0.15) is 49.7 Å². The highest BCUT2D eigenvalue weighted by molar-refractivity contribution is 5.93. The summed E-state index contributed by atoms with van der Waals surface area (Å²) in [5.41, 5.74) is 1.55. The molecular formula is C20H28N4O. The van der Waals surface area contributed by atoms with E-state index in [1.807, 2.05) is 56.1 Å². The van der Waals surface area contributed by atoms with Crippen LogP contribution in [0.5, 0.6) is 0 Å². The van der Waals surface area contributed by atoms with Gasteiger partial charge in [-0.1, -0.05) is 43.7 Å². The maximum atomic E-state index is 13.0. The Hall–Kier alpha value is -2.43. The van der Waals surface area contributed by atoms with Crippen LogP contribution in [0.25, 0.3) is 0 Å². The van der Waals surface area contributed by atoms with Gasteiger partial charge in [-0.25, -0.2) is 9.97 Å². The topological polar surface area (TPSA) is 49.3 Å². The molecule has 1 aromatic heterocycles. The molecule has 0 aliphatic carbocycles. The van der Waals surface area contributed by atoms with Crippen molar-refractivity contribution < 1.29 is 4.79 Å². The lowest BCUT2D eigenvalue weighted by atomic mass is 10.1. The Balaban J connectivity index is 2.18. The number of nitrogens with zero attached hydrogens (tertiary/aromatic N) is 4. The normalized spacial score (nSPS) is 10.8. The number of carbonyl (C=O) groups excluding carboxylic acids is 1. The van der Waals surface area contributed by atoms with Gasteiger partial charge in [0, 0.05) is 32.2 Å². The molecule has 0 saturated heterocycles. The molecular weight excluding hydrogens is 312 g/mol. The molecule has 0 radical (unpaired) electrons. The van der Waals surface area contributed by atoms with Crippen LogP contribution in [-0.4, -0.2) is 40.4 Å². The number of anilines is 1. The van der Waals surface area contributed by atoms with Crippen LogP contribution < -0.4 is 4.90 Å². The van der Waals surface area contributed by atoms with Gasteiger partial charge in [0.05, 0.1) is 0 Å². The summed E-state index contributed by atoms with van der Waals surface area (Å²) < 4.78 is 0. The summed E-state index contributed by atoms with van der Waals surface area (Å²) in [7, 11) is 2.00. The van der Waals surface area contributed by atoms with E-state index >= 15 is 0 Å². The molecule has 0 unspecified atom stereocenters. The molecule has 1 heterocycles. The summed E-state index contributed by atoms with van der Waals surface area (Å²) in [6.07, 6.45) is 3.70. The fourth-order valence-corrected chi connectivity index (χ4v) is 2.60. The first kappa shape index (κ1) is 18.9. The van der Waals surface area contributed by atoms with Crippen molar-refractivity contribution in [2.24, 2.45) is 0 Å². The first-order chi connectivity index (χ1) is 12.0. The maximum absolute atomic E-state index is 13.0. The molecule has 0 N–H and O–H groups in total. The molecule has 0 saturated carbocycles. The minimum absolute atomic E-state index is 0.0635. The van der Waals surface area contributed by atoms with Gasteiger partial charge in [0.25, 0.3) is 5.91 Å². The first-order valence-corrected chi connectivity index (χ1v) is 8.91. The Morgan fingerprint density at radius 3 is 2.52 bits per heavy atom. The van der Waals surface area contributed by atoms with Gasteiger partial charge in [-0.3, -0.25) is 4.79 Å². The molecule has 0 aliphatic rings. The van der Waals surface area contributed by atoms with E-state index < -0.39 is 0 Å². The zero-order chi connectivity index (χ0) is 18.2. The van der Waals surface area contributed by atoms with Crippen molar-refractivity contribution in [3.05, 3.63) is 54.0 Å². The summed E-state index contributed by atoms with van der Waals surface area (Å²) in [5, 5.41) is 0. The van der Waals surface area contributed by atoms with E-state index in [2.05, 4.69) is 21.8 Å². The van der Waals surface area contributed by atoms with Gasteiger partial charge < -0.3 is 9.80 Å². The zero-order valence-electron chi connectivity index (χ0n) is 15.6. The van der Waals surface area contributed by atoms with E-state index in [9.17, 15) is 4.79 Å². The van der Waals surface area contributed by atoms with Crippen molar-refractivity contribution in [2.75, 3.05) is 18.5 Å². The summed E-state index contributed by atoms with van der Waals surface area (Å²) in [6, 6.07) is 11.9. The Morgan fingerprint density at radius 1 is 1.16 bits per heavy atom. The Labute approximate surface area is 150 Å². The third-order valence-corrected chi connectivity index (χ3v) is 4.19. The Kier molecular flexibility index (Phi) is 6.92. The molecule has 2 aromatic rings. The number of benzene rings is 1. The number of aromatic nitrogens is 2. The van der Waals surface area contributed by atoms with E-state index in [1.54, 1.807) is 6.07 Å². The number of rotatable bonds is 8. The maximum Gasteiger partial charge on any atom is 0.273 e. The van der Waals surface area contributed by atoms with Crippen LogP contribution in [0, 0.1) is 0 Å². The van der Waals surface area contributed by atoms with Gasteiger partial charge in [-0.15, -0.1) is 0 Å². The Bertz CT molecular complexity index is 672. The van der Waals surface area contributed by atoms with Crippen molar-refractivity contribution in [2.45, 2.75) is 46.2 Å². The zero-order valence-corrected chi connectivity index (χ0v) is 15.6. The van der Waals surface area contributed by atoms with Crippen LogP contribution in [0.3, 0.4) is 0 Å². The van der Waals surface area contributed by atoms with Crippen molar-refractivity contribution in [3.8, 4) is 0 Å². The predicted octanol–water partition coefficient (Wildman–Crippen LogP) is 3.76. The molecule has 5 nitrogen and oxygen atoms in total. The van der Waals surface area contributed by atoms with Crippen molar-refractivity contribution >= 4 is 11.7 Å². The smallest absolute Gasteiger partial charge is 0.273 e. The van der Waals surface area contributed by atoms with Crippen LogP contribution in [0.15, 0.2) is 42.7 Å². The molecule has 134 valence electrons. The molecule has 5 heteroatoms. The van der Waals surface area contributed by atoms with E-state index in [0.717, 1.165) is 30.8 Å². The van der Waals surface area contributed by atoms with Crippen LogP contribution >= 0.6 is 0 Å². The SMILES string of the molecule is CCCCN(C)c1cc(C(=O)N(Cc2ccccc2)C(C)C)ncn1. The van der Waals surface area contributed by atoms with E-state index in [1.165, 1.54) is 6.33 Å². The highest BCUT2D eigenvalue weighted by Crippen LogP contribution is 2.15. The molecule has 25 heavy (non-hydrogen) atoms. The van der Waals surface area contributed by atoms with Crippen LogP contribution in [0.4, 0.5) is 5.82 Å². The lowest BCUT2D eigenvalue weighted by Crippen LogP contribution is -2.37.